The van der Waals surface area contributed by atoms with Gasteiger partial charge in [-0.2, -0.15) is 0 Å². The Morgan fingerprint density at radius 3 is 2.37 bits per heavy atom. The number of nitrogens with zero attached hydrogens (tertiary/aromatic N) is 2. The van der Waals surface area contributed by atoms with E-state index in [2.05, 4.69) is 38.5 Å². The molecule has 2 aliphatic heterocycles. The molecule has 4 amide bonds. The van der Waals surface area contributed by atoms with E-state index in [0.717, 1.165) is 8.47 Å². The molecule has 11 heteroatoms. The van der Waals surface area contributed by atoms with Crippen molar-refractivity contribution in [3.05, 3.63) is 67.7 Å². The van der Waals surface area contributed by atoms with Crippen molar-refractivity contribution in [1.82, 2.24) is 4.90 Å². The zero-order chi connectivity index (χ0) is 27.3. The van der Waals surface area contributed by atoms with Crippen molar-refractivity contribution in [3.63, 3.8) is 0 Å². The molecule has 2 aromatic rings. The first-order valence-corrected chi connectivity index (χ1v) is 14.6. The second kappa shape index (κ2) is 8.78. The number of phenolic OH excluding ortho intramolecular Hbond substituents is 1. The molecule has 4 aliphatic rings. The number of benzene rings is 2. The van der Waals surface area contributed by atoms with Crippen LogP contribution < -0.4 is 4.90 Å². The lowest BCUT2D eigenvalue weighted by Gasteiger charge is -2.50. The topological polar surface area (TPSA) is 95.0 Å². The lowest BCUT2D eigenvalue weighted by molar-refractivity contribution is -0.138. The minimum atomic E-state index is -1.94. The van der Waals surface area contributed by atoms with Crippen molar-refractivity contribution in [2.24, 2.45) is 17.8 Å². The van der Waals surface area contributed by atoms with Gasteiger partial charge in [-0.1, -0.05) is 27.6 Å². The fourth-order valence-electron chi connectivity index (χ4n) is 6.69. The average molecular weight is 730 g/mol. The molecular weight excluding hydrogens is 710 g/mol. The quantitative estimate of drug-likeness (QED) is 0.205. The smallest absolute Gasteiger partial charge is 0.253 e. The second-order valence-corrected chi connectivity index (χ2v) is 13.6. The summed E-state index contributed by atoms with van der Waals surface area (Å²) < 4.78 is 1.59. The lowest BCUT2D eigenvalue weighted by atomic mass is 9.56. The number of likely N-dealkylation sites (tertiary alicyclic amines) is 1. The number of hydrogen-bond acceptors (Lipinski definition) is 5. The van der Waals surface area contributed by atoms with Crippen molar-refractivity contribution in [1.29, 1.82) is 0 Å². The molecule has 38 heavy (non-hydrogen) atoms. The summed E-state index contributed by atoms with van der Waals surface area (Å²) in [5, 5.41) is 10.9. The van der Waals surface area contributed by atoms with Crippen LogP contribution in [0.25, 0.3) is 0 Å². The highest BCUT2D eigenvalue weighted by Gasteiger charge is 2.76. The standard InChI is InChI=1S/C27H20BrCl2IN2O5/c1-32-24(37)26(29)11-18-15(21(27(26,30)25(32)38)17-10-12(28)2-9-19(17)34)7-8-16-20(18)23(36)33(22(16)35)14-5-3-13(31)4-6-14/h2-7,9-10,16,18,20-21,34H,8,11H2,1H3. The molecule has 2 aliphatic carbocycles. The van der Waals surface area contributed by atoms with E-state index >= 15 is 0 Å². The maximum atomic E-state index is 13.9. The molecular formula is C27H20BrCl2IN2O5. The van der Waals surface area contributed by atoms with Crippen LogP contribution in [0.3, 0.4) is 0 Å². The maximum Gasteiger partial charge on any atom is 0.253 e. The van der Waals surface area contributed by atoms with Gasteiger partial charge in [0.15, 0.2) is 9.75 Å². The summed E-state index contributed by atoms with van der Waals surface area (Å²) in [7, 11) is 1.33. The van der Waals surface area contributed by atoms with Gasteiger partial charge in [0.05, 0.1) is 17.5 Å². The largest absolute Gasteiger partial charge is 0.508 e. The lowest BCUT2D eigenvalue weighted by Crippen LogP contribution is -2.60. The number of rotatable bonds is 2. The first-order valence-electron chi connectivity index (χ1n) is 11.9. The number of alkyl halides is 2. The molecule has 1 N–H and O–H groups in total. The Morgan fingerprint density at radius 1 is 1.00 bits per heavy atom. The van der Waals surface area contributed by atoms with E-state index in [-0.39, 0.29) is 30.4 Å². The third-order valence-corrected chi connectivity index (χ3v) is 11.0. The Balaban J connectivity index is 1.53. The number of phenols is 1. The van der Waals surface area contributed by atoms with E-state index in [4.69, 9.17) is 23.2 Å². The summed E-state index contributed by atoms with van der Waals surface area (Å²) in [6, 6.07) is 11.9. The van der Waals surface area contributed by atoms with Gasteiger partial charge in [0, 0.05) is 26.6 Å². The summed E-state index contributed by atoms with van der Waals surface area (Å²) in [6.45, 7) is 0. The van der Waals surface area contributed by atoms with Crippen LogP contribution in [0, 0.1) is 21.3 Å². The molecule has 6 atom stereocenters. The van der Waals surface area contributed by atoms with Crippen molar-refractivity contribution in [2.45, 2.75) is 28.5 Å². The summed E-state index contributed by atoms with van der Waals surface area (Å²) in [5.41, 5.74) is 1.43. The predicted molar refractivity (Wildman–Crippen MR) is 153 cm³/mol. The Kier molecular flexibility index (Phi) is 6.07. The molecule has 0 spiro atoms. The molecule has 0 radical (unpaired) electrons. The van der Waals surface area contributed by atoms with E-state index in [1.54, 1.807) is 24.3 Å². The van der Waals surface area contributed by atoms with Crippen molar-refractivity contribution in [2.75, 3.05) is 11.9 Å². The van der Waals surface area contributed by atoms with E-state index in [0.29, 0.717) is 21.3 Å². The van der Waals surface area contributed by atoms with E-state index in [9.17, 15) is 24.3 Å². The number of anilines is 1. The molecule has 2 saturated heterocycles. The Bertz CT molecular complexity index is 1480. The van der Waals surface area contributed by atoms with Gasteiger partial charge in [-0.15, -0.1) is 23.2 Å². The highest BCUT2D eigenvalue weighted by atomic mass is 127. The fourth-order valence-corrected chi connectivity index (χ4v) is 8.44. The van der Waals surface area contributed by atoms with Gasteiger partial charge in [-0.05, 0) is 83.8 Å². The van der Waals surface area contributed by atoms with Crippen LogP contribution in [0.15, 0.2) is 58.6 Å². The molecule has 7 nitrogen and oxygen atoms in total. The third kappa shape index (κ3) is 3.31. The first kappa shape index (κ1) is 26.3. The van der Waals surface area contributed by atoms with Crippen LogP contribution in [0.1, 0.15) is 24.3 Å². The summed E-state index contributed by atoms with van der Waals surface area (Å²) in [6.07, 6.45) is 2.01. The van der Waals surface area contributed by atoms with Gasteiger partial charge in [-0.25, -0.2) is 0 Å². The molecule has 2 heterocycles. The average Bonchev–Trinajstić information content (AvgIpc) is 3.21. The van der Waals surface area contributed by atoms with Crippen LogP contribution in [-0.2, 0) is 19.2 Å². The molecule has 0 aromatic heterocycles. The number of fused-ring (bicyclic) bond motifs is 4. The van der Waals surface area contributed by atoms with Crippen molar-refractivity contribution in [3.8, 4) is 5.75 Å². The minimum Gasteiger partial charge on any atom is -0.508 e. The zero-order valence-electron chi connectivity index (χ0n) is 19.8. The number of hydrogen-bond donors (Lipinski definition) is 1. The number of carbonyl (C=O) groups is 4. The first-order chi connectivity index (χ1) is 17.9. The molecule has 6 rings (SSSR count). The van der Waals surface area contributed by atoms with E-state index in [1.165, 1.54) is 18.0 Å². The van der Waals surface area contributed by atoms with Crippen LogP contribution >= 0.6 is 61.7 Å². The maximum absolute atomic E-state index is 13.9. The fraction of sp³-hybridized carbons (Fsp3) is 0.333. The molecule has 196 valence electrons. The Morgan fingerprint density at radius 2 is 1.68 bits per heavy atom. The van der Waals surface area contributed by atoms with E-state index in [1.807, 2.05) is 18.2 Å². The number of allylic oxidation sites excluding steroid dienone is 2. The van der Waals surface area contributed by atoms with Crippen LogP contribution in [-0.4, -0.2) is 50.4 Å². The van der Waals surface area contributed by atoms with E-state index < -0.39 is 45.2 Å². The van der Waals surface area contributed by atoms with Gasteiger partial charge >= 0.3 is 0 Å². The number of aromatic hydroxyl groups is 1. The molecule has 3 fully saturated rings. The summed E-state index contributed by atoms with van der Waals surface area (Å²) in [5.74, 6) is -5.21. The monoisotopic (exact) mass is 728 g/mol. The van der Waals surface area contributed by atoms with Gasteiger partial charge in [0.2, 0.25) is 11.8 Å². The van der Waals surface area contributed by atoms with Gasteiger partial charge in [0.1, 0.15) is 5.75 Å². The zero-order valence-corrected chi connectivity index (χ0v) is 25.1. The van der Waals surface area contributed by atoms with Crippen molar-refractivity contribution < 1.29 is 24.3 Å². The van der Waals surface area contributed by atoms with Gasteiger partial charge in [-0.3, -0.25) is 29.0 Å². The highest BCUT2D eigenvalue weighted by molar-refractivity contribution is 14.1. The highest BCUT2D eigenvalue weighted by Crippen LogP contribution is 2.66. The number of halogens is 4. The SMILES string of the molecule is CN1C(=O)C2(Cl)CC3C(=CCC4C(=O)N(c5ccc(I)cc5)C(=O)C43)C(c3cc(Br)ccc3O)C2(Cl)C1=O. The second-order valence-electron chi connectivity index (χ2n) is 10.2. The normalized spacial score (nSPS) is 34.3. The minimum absolute atomic E-state index is 0.0925. The van der Waals surface area contributed by atoms with Gasteiger partial charge < -0.3 is 5.11 Å². The number of amides is 4. The molecule has 6 unspecified atom stereocenters. The molecule has 2 aromatic carbocycles. The van der Waals surface area contributed by atoms with Gasteiger partial charge in [0.25, 0.3) is 11.8 Å². The molecule has 1 saturated carbocycles. The summed E-state index contributed by atoms with van der Waals surface area (Å²) >= 11 is 19.8. The number of imide groups is 2. The van der Waals surface area contributed by atoms with Crippen LogP contribution in [0.5, 0.6) is 5.75 Å². The third-order valence-electron chi connectivity index (χ3n) is 8.40. The summed E-state index contributed by atoms with van der Waals surface area (Å²) in [4.78, 5) is 52.8. The van der Waals surface area contributed by atoms with Crippen LogP contribution in [0.2, 0.25) is 0 Å². The van der Waals surface area contributed by atoms with Crippen LogP contribution in [0.4, 0.5) is 5.69 Å². The Labute approximate surface area is 250 Å². The number of carbonyl (C=O) groups excluding carboxylic acids is 4. The Hall–Kier alpha value is -1.95. The van der Waals surface area contributed by atoms with Crippen molar-refractivity contribution >= 4 is 91.0 Å². The predicted octanol–water partition coefficient (Wildman–Crippen LogP) is 4.95. The molecule has 0 bridgehead atoms.